The zero-order valence-electron chi connectivity index (χ0n) is 14.9. The van der Waals surface area contributed by atoms with Gasteiger partial charge in [-0.25, -0.2) is 4.68 Å². The van der Waals surface area contributed by atoms with Crippen LogP contribution < -0.4 is 16.0 Å². The first-order chi connectivity index (χ1) is 13.6. The van der Waals surface area contributed by atoms with Crippen LogP contribution in [0, 0.1) is 0 Å². The Morgan fingerprint density at radius 2 is 1.86 bits per heavy atom. The minimum Gasteiger partial charge on any atom is -0.351 e. The van der Waals surface area contributed by atoms with E-state index in [9.17, 15) is 14.4 Å². The van der Waals surface area contributed by atoms with Crippen molar-refractivity contribution >= 4 is 34.7 Å². The number of nitrogens with zero attached hydrogens (tertiary/aromatic N) is 2. The van der Waals surface area contributed by atoms with Gasteiger partial charge in [-0.05, 0) is 41.8 Å². The maximum Gasteiger partial charge on any atom is 0.252 e. The molecule has 3 N–H and O–H groups in total. The summed E-state index contributed by atoms with van der Waals surface area (Å²) in [6.07, 6.45) is 3.61. The molecule has 0 aliphatic carbocycles. The largest absolute Gasteiger partial charge is 0.351 e. The summed E-state index contributed by atoms with van der Waals surface area (Å²) >= 11 is 1.43. The van der Waals surface area contributed by atoms with E-state index in [0.29, 0.717) is 11.3 Å². The summed E-state index contributed by atoms with van der Waals surface area (Å²) in [6.45, 7) is 0.0647. The number of carbonyl (C=O) groups is 3. The van der Waals surface area contributed by atoms with Crippen molar-refractivity contribution in [1.29, 1.82) is 0 Å². The molecule has 0 unspecified atom stereocenters. The Labute approximate surface area is 165 Å². The molecule has 0 aliphatic heterocycles. The van der Waals surface area contributed by atoms with E-state index in [1.165, 1.54) is 11.3 Å². The minimum atomic E-state index is -0.331. The van der Waals surface area contributed by atoms with Gasteiger partial charge in [0, 0.05) is 42.0 Å². The fraction of sp³-hybridized carbons (Fsp3) is 0.158. The van der Waals surface area contributed by atoms with Gasteiger partial charge in [-0.15, -0.1) is 0 Å². The van der Waals surface area contributed by atoms with Crippen molar-refractivity contribution < 1.29 is 14.4 Å². The normalized spacial score (nSPS) is 10.3. The molecule has 3 rings (SSSR count). The Morgan fingerprint density at radius 1 is 1.04 bits per heavy atom. The zero-order chi connectivity index (χ0) is 19.8. The van der Waals surface area contributed by atoms with Crippen LogP contribution in [0.4, 0.5) is 5.69 Å². The highest BCUT2D eigenvalue weighted by molar-refractivity contribution is 7.08. The van der Waals surface area contributed by atoms with Gasteiger partial charge in [0.1, 0.15) is 0 Å². The highest BCUT2D eigenvalue weighted by Gasteiger charge is 2.09. The van der Waals surface area contributed by atoms with Crippen LogP contribution >= 0.6 is 11.3 Å². The fourth-order valence-electron chi connectivity index (χ4n) is 2.38. The maximum absolute atomic E-state index is 12.0. The molecule has 0 bridgehead atoms. The SMILES string of the molecule is O=C(CCNC(=O)c1ccsc1)NCC(=O)Nc1ccc(-n2cccn2)cc1. The molecule has 0 atom stereocenters. The van der Waals surface area contributed by atoms with Crippen LogP contribution in [0.2, 0.25) is 0 Å². The van der Waals surface area contributed by atoms with Gasteiger partial charge in [0.2, 0.25) is 11.8 Å². The highest BCUT2D eigenvalue weighted by atomic mass is 32.1. The lowest BCUT2D eigenvalue weighted by molar-refractivity contribution is -0.124. The summed E-state index contributed by atoms with van der Waals surface area (Å²) < 4.78 is 1.71. The monoisotopic (exact) mass is 397 g/mol. The standard InChI is InChI=1S/C19H19N5O3S/c25-17(6-9-20-19(27)14-7-11-28-13-14)21-12-18(26)23-15-2-4-16(5-3-15)24-10-1-8-22-24/h1-5,7-8,10-11,13H,6,9,12H2,(H,20,27)(H,21,25)(H,23,26). The van der Waals surface area contributed by atoms with Crippen LogP contribution in [0.3, 0.4) is 0 Å². The Morgan fingerprint density at radius 3 is 2.54 bits per heavy atom. The second-order valence-electron chi connectivity index (χ2n) is 5.84. The Bertz CT molecular complexity index is 921. The van der Waals surface area contributed by atoms with E-state index < -0.39 is 0 Å². The van der Waals surface area contributed by atoms with Gasteiger partial charge >= 0.3 is 0 Å². The number of benzene rings is 1. The molecule has 0 saturated heterocycles. The minimum absolute atomic E-state index is 0.0989. The molecule has 9 heteroatoms. The third-order valence-corrected chi connectivity index (χ3v) is 4.47. The second-order valence-corrected chi connectivity index (χ2v) is 6.62. The second kappa shape index (κ2) is 9.47. The number of hydrogen-bond donors (Lipinski definition) is 3. The Hall–Kier alpha value is -3.46. The van der Waals surface area contributed by atoms with Crippen LogP contribution in [0.25, 0.3) is 5.69 Å². The smallest absolute Gasteiger partial charge is 0.252 e. The topological polar surface area (TPSA) is 105 Å². The Kier molecular flexibility index (Phi) is 6.53. The quantitative estimate of drug-likeness (QED) is 0.539. The first-order valence-corrected chi connectivity index (χ1v) is 9.53. The van der Waals surface area contributed by atoms with Crippen molar-refractivity contribution in [3.05, 3.63) is 65.1 Å². The van der Waals surface area contributed by atoms with Gasteiger partial charge in [-0.3, -0.25) is 14.4 Å². The molecule has 2 aromatic heterocycles. The van der Waals surface area contributed by atoms with Gasteiger partial charge in [-0.2, -0.15) is 16.4 Å². The average Bonchev–Trinajstić information content (AvgIpc) is 3.41. The van der Waals surface area contributed by atoms with Crippen molar-refractivity contribution in [3.63, 3.8) is 0 Å². The van der Waals surface area contributed by atoms with E-state index in [-0.39, 0.29) is 37.2 Å². The van der Waals surface area contributed by atoms with Crippen LogP contribution in [-0.4, -0.2) is 40.6 Å². The predicted molar refractivity (Wildman–Crippen MR) is 106 cm³/mol. The van der Waals surface area contributed by atoms with Crippen molar-refractivity contribution in [2.45, 2.75) is 6.42 Å². The summed E-state index contributed by atoms with van der Waals surface area (Å²) in [7, 11) is 0. The number of aromatic nitrogens is 2. The number of carbonyl (C=O) groups excluding carboxylic acids is 3. The van der Waals surface area contributed by atoms with Crippen molar-refractivity contribution in [1.82, 2.24) is 20.4 Å². The summed E-state index contributed by atoms with van der Waals surface area (Å²) in [4.78, 5) is 35.5. The van der Waals surface area contributed by atoms with Gasteiger partial charge in [-0.1, -0.05) is 0 Å². The van der Waals surface area contributed by atoms with Crippen LogP contribution in [-0.2, 0) is 9.59 Å². The number of nitrogens with one attached hydrogen (secondary N) is 3. The van der Waals surface area contributed by atoms with Gasteiger partial charge in [0.15, 0.2) is 0 Å². The fourth-order valence-corrected chi connectivity index (χ4v) is 3.01. The molecule has 8 nitrogen and oxygen atoms in total. The van der Waals surface area contributed by atoms with Crippen LogP contribution in [0.5, 0.6) is 0 Å². The van der Waals surface area contributed by atoms with Crippen molar-refractivity contribution in [3.8, 4) is 5.69 Å². The molecule has 0 spiro atoms. The van der Waals surface area contributed by atoms with E-state index in [0.717, 1.165) is 5.69 Å². The van der Waals surface area contributed by atoms with Crippen LogP contribution in [0.15, 0.2) is 59.6 Å². The Balaban J connectivity index is 1.35. The van der Waals surface area contributed by atoms with E-state index in [2.05, 4.69) is 21.0 Å². The molecule has 3 amide bonds. The molecule has 3 aromatic rings. The molecular formula is C19H19N5O3S. The number of anilines is 1. The third-order valence-electron chi connectivity index (χ3n) is 3.79. The molecule has 28 heavy (non-hydrogen) atoms. The first-order valence-electron chi connectivity index (χ1n) is 8.59. The third kappa shape index (κ3) is 5.52. The summed E-state index contributed by atoms with van der Waals surface area (Å²) in [5, 5.41) is 15.6. The maximum atomic E-state index is 12.0. The first kappa shape index (κ1) is 19.3. The number of rotatable bonds is 8. The molecular weight excluding hydrogens is 378 g/mol. The van der Waals surface area contributed by atoms with Gasteiger partial charge in [0.25, 0.3) is 5.91 Å². The van der Waals surface area contributed by atoms with Gasteiger partial charge < -0.3 is 16.0 Å². The van der Waals surface area contributed by atoms with E-state index in [1.54, 1.807) is 34.5 Å². The van der Waals surface area contributed by atoms with Crippen molar-refractivity contribution in [2.24, 2.45) is 0 Å². The lowest BCUT2D eigenvalue weighted by Crippen LogP contribution is -2.35. The average molecular weight is 397 g/mol. The number of hydrogen-bond acceptors (Lipinski definition) is 5. The lowest BCUT2D eigenvalue weighted by atomic mass is 10.3. The molecule has 144 valence electrons. The highest BCUT2D eigenvalue weighted by Crippen LogP contribution is 2.12. The molecule has 0 radical (unpaired) electrons. The number of thiophene rings is 1. The van der Waals surface area contributed by atoms with E-state index in [1.807, 2.05) is 29.8 Å². The van der Waals surface area contributed by atoms with Gasteiger partial charge in [0.05, 0.1) is 12.2 Å². The lowest BCUT2D eigenvalue weighted by Gasteiger charge is -2.08. The zero-order valence-corrected chi connectivity index (χ0v) is 15.7. The molecule has 0 saturated carbocycles. The molecule has 0 aliphatic rings. The summed E-state index contributed by atoms with van der Waals surface area (Å²) in [6, 6.07) is 10.7. The van der Waals surface area contributed by atoms with E-state index in [4.69, 9.17) is 0 Å². The molecule has 0 fully saturated rings. The van der Waals surface area contributed by atoms with Crippen LogP contribution in [0.1, 0.15) is 16.8 Å². The molecule has 1 aromatic carbocycles. The summed E-state index contributed by atoms with van der Waals surface area (Å²) in [5.74, 6) is -0.859. The van der Waals surface area contributed by atoms with Crippen molar-refractivity contribution in [2.75, 3.05) is 18.4 Å². The number of amides is 3. The van der Waals surface area contributed by atoms with E-state index >= 15 is 0 Å². The predicted octanol–water partition coefficient (Wildman–Crippen LogP) is 1.81. The summed E-state index contributed by atoms with van der Waals surface area (Å²) in [5.41, 5.74) is 2.07. The molecule has 2 heterocycles.